The van der Waals surface area contributed by atoms with E-state index in [9.17, 15) is 0 Å². The molecule has 1 unspecified atom stereocenters. The molecule has 0 radical (unpaired) electrons. The number of nitrogens with one attached hydrogen (secondary N) is 2. The van der Waals surface area contributed by atoms with E-state index in [4.69, 9.17) is 0 Å². The molecule has 6 heteroatoms. The second kappa shape index (κ2) is 9.88. The molecule has 0 spiro atoms. The summed E-state index contributed by atoms with van der Waals surface area (Å²) in [5, 5.41) is 10.0. The fourth-order valence-corrected chi connectivity index (χ4v) is 3.18. The summed E-state index contributed by atoms with van der Waals surface area (Å²) in [6, 6.07) is 0.501. The predicted molar refractivity (Wildman–Crippen MR) is 101 cm³/mol. The van der Waals surface area contributed by atoms with E-state index in [1.807, 2.05) is 7.05 Å². The molecule has 0 saturated carbocycles. The SMILES string of the molecule is CN=C(NCc1nc(C(C)C)cs1)NCC(CC(C)C)N(C)C. The smallest absolute Gasteiger partial charge is 0.191 e. The summed E-state index contributed by atoms with van der Waals surface area (Å²) in [6.45, 7) is 10.5. The van der Waals surface area contributed by atoms with Crippen molar-refractivity contribution < 1.29 is 0 Å². The van der Waals surface area contributed by atoms with Crippen molar-refractivity contribution in [2.75, 3.05) is 27.7 Å². The fraction of sp³-hybridized carbons (Fsp3) is 0.765. The van der Waals surface area contributed by atoms with Crippen molar-refractivity contribution in [1.82, 2.24) is 20.5 Å². The second-order valence-electron chi connectivity index (χ2n) is 6.87. The van der Waals surface area contributed by atoms with Crippen LogP contribution in [0.25, 0.3) is 0 Å². The van der Waals surface area contributed by atoms with Crippen LogP contribution in [0.15, 0.2) is 10.4 Å². The van der Waals surface area contributed by atoms with Gasteiger partial charge in [0.1, 0.15) is 5.01 Å². The van der Waals surface area contributed by atoms with Crippen molar-refractivity contribution in [1.29, 1.82) is 0 Å². The lowest BCUT2D eigenvalue weighted by molar-refractivity contribution is 0.254. The molecule has 0 aliphatic heterocycles. The van der Waals surface area contributed by atoms with Crippen LogP contribution >= 0.6 is 11.3 Å². The third-order valence-corrected chi connectivity index (χ3v) is 4.64. The van der Waals surface area contributed by atoms with E-state index in [0.717, 1.165) is 17.5 Å². The van der Waals surface area contributed by atoms with E-state index in [1.165, 1.54) is 12.1 Å². The van der Waals surface area contributed by atoms with Gasteiger partial charge in [-0.2, -0.15) is 0 Å². The van der Waals surface area contributed by atoms with E-state index >= 15 is 0 Å². The number of aromatic nitrogens is 1. The molecule has 5 nitrogen and oxygen atoms in total. The molecule has 0 fully saturated rings. The third kappa shape index (κ3) is 7.31. The average Bonchev–Trinajstić information content (AvgIpc) is 2.94. The highest BCUT2D eigenvalue weighted by atomic mass is 32.1. The Hall–Kier alpha value is -1.14. The quantitative estimate of drug-likeness (QED) is 0.565. The zero-order valence-electron chi connectivity index (χ0n) is 15.7. The molecule has 1 aromatic rings. The van der Waals surface area contributed by atoms with Gasteiger partial charge in [-0.05, 0) is 32.4 Å². The van der Waals surface area contributed by atoms with Crippen LogP contribution < -0.4 is 10.6 Å². The standard InChI is InChI=1S/C17H33N5S/c1-12(2)8-14(22(6)7)9-19-17(18-5)20-10-16-21-15(11-23-16)13(3)4/h11-14H,8-10H2,1-7H3,(H2,18,19,20). The average molecular weight is 340 g/mol. The van der Waals surface area contributed by atoms with Crippen LogP contribution in [-0.4, -0.2) is 49.6 Å². The monoisotopic (exact) mass is 339 g/mol. The second-order valence-corrected chi connectivity index (χ2v) is 7.82. The summed E-state index contributed by atoms with van der Waals surface area (Å²) < 4.78 is 0. The van der Waals surface area contributed by atoms with Gasteiger partial charge in [0, 0.05) is 25.0 Å². The number of hydrogen-bond donors (Lipinski definition) is 2. The van der Waals surface area contributed by atoms with Gasteiger partial charge in [-0.25, -0.2) is 4.98 Å². The van der Waals surface area contributed by atoms with Crippen LogP contribution in [0.5, 0.6) is 0 Å². The van der Waals surface area contributed by atoms with Gasteiger partial charge in [-0.1, -0.05) is 27.7 Å². The van der Waals surface area contributed by atoms with Gasteiger partial charge in [-0.3, -0.25) is 4.99 Å². The highest BCUT2D eigenvalue weighted by Gasteiger charge is 2.14. The predicted octanol–water partition coefficient (Wildman–Crippen LogP) is 2.91. The van der Waals surface area contributed by atoms with E-state index in [2.05, 4.69) is 72.7 Å². The molecule has 0 bridgehead atoms. The zero-order valence-corrected chi connectivity index (χ0v) is 16.5. The van der Waals surface area contributed by atoms with Crippen LogP contribution in [0, 0.1) is 5.92 Å². The largest absolute Gasteiger partial charge is 0.355 e. The van der Waals surface area contributed by atoms with Gasteiger partial charge >= 0.3 is 0 Å². The van der Waals surface area contributed by atoms with Gasteiger partial charge in [0.05, 0.1) is 12.2 Å². The Labute approximate surface area is 145 Å². The summed E-state index contributed by atoms with van der Waals surface area (Å²) in [4.78, 5) is 11.2. The summed E-state index contributed by atoms with van der Waals surface area (Å²) in [5.74, 6) is 2.00. The van der Waals surface area contributed by atoms with Crippen LogP contribution in [0.2, 0.25) is 0 Å². The van der Waals surface area contributed by atoms with Crippen molar-refractivity contribution >= 4 is 17.3 Å². The lowest BCUT2D eigenvalue weighted by Gasteiger charge is -2.27. The molecule has 1 heterocycles. The number of aliphatic imine (C=N–C) groups is 1. The van der Waals surface area contributed by atoms with Crippen molar-refractivity contribution in [3.8, 4) is 0 Å². The molecular formula is C17H33N5S. The van der Waals surface area contributed by atoms with Crippen LogP contribution in [-0.2, 0) is 6.54 Å². The first-order valence-electron chi connectivity index (χ1n) is 8.38. The molecule has 0 aromatic carbocycles. The van der Waals surface area contributed by atoms with Crippen molar-refractivity contribution in [3.63, 3.8) is 0 Å². The van der Waals surface area contributed by atoms with Crippen molar-refractivity contribution in [2.24, 2.45) is 10.9 Å². The number of thiazole rings is 1. The maximum atomic E-state index is 4.64. The minimum Gasteiger partial charge on any atom is -0.355 e. The molecule has 23 heavy (non-hydrogen) atoms. The molecule has 2 N–H and O–H groups in total. The molecule has 0 saturated heterocycles. The lowest BCUT2D eigenvalue weighted by Crippen LogP contribution is -2.45. The Morgan fingerprint density at radius 2 is 1.96 bits per heavy atom. The summed E-state index contributed by atoms with van der Waals surface area (Å²) in [7, 11) is 6.08. The van der Waals surface area contributed by atoms with Crippen LogP contribution in [0.4, 0.5) is 0 Å². The minimum atomic E-state index is 0.481. The maximum Gasteiger partial charge on any atom is 0.191 e. The van der Waals surface area contributed by atoms with E-state index in [1.54, 1.807) is 11.3 Å². The Balaban J connectivity index is 2.47. The number of hydrogen-bond acceptors (Lipinski definition) is 4. The molecule has 132 valence electrons. The van der Waals surface area contributed by atoms with Gasteiger partial charge in [0.2, 0.25) is 0 Å². The highest BCUT2D eigenvalue weighted by molar-refractivity contribution is 7.09. The van der Waals surface area contributed by atoms with Gasteiger partial charge in [-0.15, -0.1) is 11.3 Å². The summed E-state index contributed by atoms with van der Waals surface area (Å²) in [5.41, 5.74) is 1.17. The molecule has 0 aliphatic rings. The molecule has 0 amide bonds. The van der Waals surface area contributed by atoms with Crippen molar-refractivity contribution in [2.45, 2.75) is 52.6 Å². The zero-order chi connectivity index (χ0) is 17.4. The Bertz CT molecular complexity index is 479. The van der Waals surface area contributed by atoms with Crippen LogP contribution in [0.3, 0.4) is 0 Å². The number of likely N-dealkylation sites (N-methyl/N-ethyl adjacent to an activating group) is 1. The van der Waals surface area contributed by atoms with Crippen molar-refractivity contribution in [3.05, 3.63) is 16.1 Å². The maximum absolute atomic E-state index is 4.64. The topological polar surface area (TPSA) is 52.6 Å². The normalized spacial score (nSPS) is 13.9. The molecule has 0 aliphatic carbocycles. The van der Waals surface area contributed by atoms with Gasteiger partial charge in [0.25, 0.3) is 0 Å². The van der Waals surface area contributed by atoms with Crippen LogP contribution in [0.1, 0.15) is 50.7 Å². The first-order chi connectivity index (χ1) is 10.8. The number of guanidine groups is 1. The van der Waals surface area contributed by atoms with Gasteiger partial charge in [0.15, 0.2) is 5.96 Å². The first kappa shape index (κ1) is 19.9. The Kier molecular flexibility index (Phi) is 8.55. The molecule has 1 aromatic heterocycles. The highest BCUT2D eigenvalue weighted by Crippen LogP contribution is 2.17. The Morgan fingerprint density at radius 1 is 1.26 bits per heavy atom. The number of nitrogens with zero attached hydrogens (tertiary/aromatic N) is 3. The molecular weight excluding hydrogens is 306 g/mol. The van der Waals surface area contributed by atoms with E-state index in [-0.39, 0.29) is 0 Å². The van der Waals surface area contributed by atoms with E-state index < -0.39 is 0 Å². The van der Waals surface area contributed by atoms with Gasteiger partial charge < -0.3 is 15.5 Å². The number of rotatable bonds is 8. The molecule has 1 rings (SSSR count). The molecule has 1 atom stereocenters. The third-order valence-electron chi connectivity index (χ3n) is 3.77. The first-order valence-corrected chi connectivity index (χ1v) is 9.26. The summed E-state index contributed by atoms with van der Waals surface area (Å²) in [6.07, 6.45) is 1.17. The Morgan fingerprint density at radius 3 is 2.43 bits per heavy atom. The lowest BCUT2D eigenvalue weighted by atomic mass is 10.0. The summed E-state index contributed by atoms with van der Waals surface area (Å²) >= 11 is 1.70. The van der Waals surface area contributed by atoms with E-state index in [0.29, 0.717) is 24.4 Å². The fourth-order valence-electron chi connectivity index (χ4n) is 2.29. The minimum absolute atomic E-state index is 0.481.